The number of hydrogen-bond donors (Lipinski definition) is 2. The summed E-state index contributed by atoms with van der Waals surface area (Å²) in [6.45, 7) is 4.90. The number of hydrazine groups is 1. The summed E-state index contributed by atoms with van der Waals surface area (Å²) >= 11 is 0. The summed E-state index contributed by atoms with van der Waals surface area (Å²) in [6.07, 6.45) is 3.24. The number of carbonyl (C=O) groups is 1. The predicted octanol–water partition coefficient (Wildman–Crippen LogP) is 2.30. The van der Waals surface area contributed by atoms with Crippen molar-refractivity contribution in [2.24, 2.45) is 5.84 Å². The van der Waals surface area contributed by atoms with Crippen LogP contribution in [0.1, 0.15) is 42.1 Å². The highest BCUT2D eigenvalue weighted by Gasteiger charge is 2.33. The lowest BCUT2D eigenvalue weighted by molar-refractivity contribution is 0.0744. The van der Waals surface area contributed by atoms with E-state index in [9.17, 15) is 4.79 Å². The van der Waals surface area contributed by atoms with Crippen molar-refractivity contribution in [3.8, 4) is 0 Å². The first-order valence-electron chi connectivity index (χ1n) is 6.55. The van der Waals surface area contributed by atoms with E-state index in [0.717, 1.165) is 31.4 Å². The van der Waals surface area contributed by atoms with E-state index >= 15 is 0 Å². The van der Waals surface area contributed by atoms with Crippen LogP contribution in [0.25, 0.3) is 0 Å². The molecular weight excluding hydrogens is 226 g/mol. The van der Waals surface area contributed by atoms with Crippen LogP contribution in [0, 0.1) is 6.92 Å². The maximum Gasteiger partial charge on any atom is 0.256 e. The molecular formula is C14H21N3O. The highest BCUT2D eigenvalue weighted by atomic mass is 16.2. The first-order chi connectivity index (χ1) is 8.67. The van der Waals surface area contributed by atoms with Crippen LogP contribution in [0.5, 0.6) is 0 Å². The first kappa shape index (κ1) is 12.9. The molecule has 0 bridgehead atoms. The molecule has 3 N–H and O–H groups in total. The van der Waals surface area contributed by atoms with Gasteiger partial charge in [-0.1, -0.05) is 18.6 Å². The molecule has 18 heavy (non-hydrogen) atoms. The van der Waals surface area contributed by atoms with Gasteiger partial charge in [0.05, 0.1) is 11.3 Å². The van der Waals surface area contributed by atoms with E-state index in [1.54, 1.807) is 0 Å². The fourth-order valence-electron chi connectivity index (χ4n) is 2.19. The second-order valence-corrected chi connectivity index (χ2v) is 4.92. The number of aryl methyl sites for hydroxylation is 1. The summed E-state index contributed by atoms with van der Waals surface area (Å²) in [7, 11) is 0. The first-order valence-corrected chi connectivity index (χ1v) is 6.55. The molecule has 0 unspecified atom stereocenters. The number of anilines is 1. The average molecular weight is 247 g/mol. The van der Waals surface area contributed by atoms with Gasteiger partial charge in [-0.3, -0.25) is 10.6 Å². The molecule has 0 aromatic heterocycles. The summed E-state index contributed by atoms with van der Waals surface area (Å²) in [5.41, 5.74) is 5.07. The van der Waals surface area contributed by atoms with E-state index in [1.807, 2.05) is 30.0 Å². The standard InChI is InChI=1S/C14H21N3O/c1-3-8-17(11-5-6-11)14(18)12-9-10(2)4-7-13(12)16-15/h4,7,9,11,16H,3,5-6,8,15H2,1-2H3. The minimum Gasteiger partial charge on any atom is -0.336 e. The van der Waals surface area contributed by atoms with Crippen molar-refractivity contribution in [2.45, 2.75) is 39.2 Å². The van der Waals surface area contributed by atoms with Crippen LogP contribution >= 0.6 is 0 Å². The topological polar surface area (TPSA) is 58.4 Å². The summed E-state index contributed by atoms with van der Waals surface area (Å²) in [4.78, 5) is 14.6. The molecule has 1 amide bonds. The van der Waals surface area contributed by atoms with Crippen LogP contribution in [0.2, 0.25) is 0 Å². The lowest BCUT2D eigenvalue weighted by atomic mass is 10.1. The van der Waals surface area contributed by atoms with E-state index in [-0.39, 0.29) is 5.91 Å². The summed E-state index contributed by atoms with van der Waals surface area (Å²) < 4.78 is 0. The molecule has 0 heterocycles. The zero-order valence-electron chi connectivity index (χ0n) is 11.1. The summed E-state index contributed by atoms with van der Waals surface area (Å²) in [5, 5.41) is 0. The molecule has 1 fully saturated rings. The Labute approximate surface area is 108 Å². The lowest BCUT2D eigenvalue weighted by Crippen LogP contribution is -2.34. The van der Waals surface area contributed by atoms with E-state index in [2.05, 4.69) is 12.3 Å². The van der Waals surface area contributed by atoms with Crippen molar-refractivity contribution in [3.63, 3.8) is 0 Å². The molecule has 1 saturated carbocycles. The number of nitrogens with two attached hydrogens (primary N) is 1. The Morgan fingerprint density at radius 3 is 2.78 bits per heavy atom. The molecule has 4 nitrogen and oxygen atoms in total. The van der Waals surface area contributed by atoms with Gasteiger partial charge in [0.15, 0.2) is 0 Å². The molecule has 1 aromatic rings. The third kappa shape index (κ3) is 2.64. The molecule has 0 saturated heterocycles. The summed E-state index contributed by atoms with van der Waals surface area (Å²) in [6, 6.07) is 6.15. The van der Waals surface area contributed by atoms with Gasteiger partial charge >= 0.3 is 0 Å². The maximum absolute atomic E-state index is 12.6. The zero-order chi connectivity index (χ0) is 13.1. The van der Waals surface area contributed by atoms with Crippen molar-refractivity contribution >= 4 is 11.6 Å². The number of benzene rings is 1. The number of amides is 1. The number of rotatable bonds is 5. The maximum atomic E-state index is 12.6. The highest BCUT2D eigenvalue weighted by molar-refractivity contribution is 6.00. The number of carbonyl (C=O) groups excluding carboxylic acids is 1. The van der Waals surface area contributed by atoms with E-state index < -0.39 is 0 Å². The van der Waals surface area contributed by atoms with E-state index in [1.165, 1.54) is 0 Å². The van der Waals surface area contributed by atoms with Crippen LogP contribution in [-0.2, 0) is 0 Å². The minimum atomic E-state index is 0.0935. The van der Waals surface area contributed by atoms with Gasteiger partial charge in [-0.25, -0.2) is 0 Å². The van der Waals surface area contributed by atoms with Crippen molar-refractivity contribution < 1.29 is 4.79 Å². The Kier molecular flexibility index (Phi) is 3.87. The molecule has 1 aliphatic carbocycles. The van der Waals surface area contributed by atoms with Crippen molar-refractivity contribution in [1.29, 1.82) is 0 Å². The summed E-state index contributed by atoms with van der Waals surface area (Å²) in [5.74, 6) is 5.58. The molecule has 98 valence electrons. The molecule has 1 aromatic carbocycles. The Bertz CT molecular complexity index is 441. The molecule has 0 atom stereocenters. The second-order valence-electron chi connectivity index (χ2n) is 4.92. The fourth-order valence-corrected chi connectivity index (χ4v) is 2.19. The van der Waals surface area contributed by atoms with Crippen LogP contribution in [-0.4, -0.2) is 23.4 Å². The van der Waals surface area contributed by atoms with Crippen molar-refractivity contribution in [3.05, 3.63) is 29.3 Å². The predicted molar refractivity (Wildman–Crippen MR) is 73.3 cm³/mol. The van der Waals surface area contributed by atoms with Crippen molar-refractivity contribution in [1.82, 2.24) is 4.90 Å². The van der Waals surface area contributed by atoms with Crippen LogP contribution in [0.15, 0.2) is 18.2 Å². The smallest absolute Gasteiger partial charge is 0.256 e. The van der Waals surface area contributed by atoms with Gasteiger partial charge in [-0.2, -0.15) is 0 Å². The Hall–Kier alpha value is -1.55. The van der Waals surface area contributed by atoms with Gasteiger partial charge < -0.3 is 10.3 Å². The molecule has 1 aliphatic rings. The minimum absolute atomic E-state index is 0.0935. The Balaban J connectivity index is 2.28. The van der Waals surface area contributed by atoms with Crippen LogP contribution in [0.3, 0.4) is 0 Å². The van der Waals surface area contributed by atoms with Gasteiger partial charge in [-0.05, 0) is 38.3 Å². The van der Waals surface area contributed by atoms with Gasteiger partial charge in [-0.15, -0.1) is 0 Å². The largest absolute Gasteiger partial charge is 0.336 e. The van der Waals surface area contributed by atoms with E-state index in [4.69, 9.17) is 5.84 Å². The van der Waals surface area contributed by atoms with Crippen LogP contribution in [0.4, 0.5) is 5.69 Å². The third-order valence-corrected chi connectivity index (χ3v) is 3.27. The Morgan fingerprint density at radius 1 is 1.50 bits per heavy atom. The van der Waals surface area contributed by atoms with Gasteiger partial charge in [0.1, 0.15) is 0 Å². The second kappa shape index (κ2) is 5.40. The van der Waals surface area contributed by atoms with Gasteiger partial charge in [0.2, 0.25) is 0 Å². The number of nitrogen functional groups attached to an aromatic ring is 1. The quantitative estimate of drug-likeness (QED) is 0.620. The average Bonchev–Trinajstić information content (AvgIpc) is 3.19. The highest BCUT2D eigenvalue weighted by Crippen LogP contribution is 2.30. The van der Waals surface area contributed by atoms with Crippen molar-refractivity contribution in [2.75, 3.05) is 12.0 Å². The molecule has 0 radical (unpaired) electrons. The zero-order valence-corrected chi connectivity index (χ0v) is 11.1. The van der Waals surface area contributed by atoms with Gasteiger partial charge in [0.25, 0.3) is 5.91 Å². The number of nitrogens with one attached hydrogen (secondary N) is 1. The number of hydrogen-bond acceptors (Lipinski definition) is 3. The third-order valence-electron chi connectivity index (χ3n) is 3.27. The van der Waals surface area contributed by atoms with E-state index in [0.29, 0.717) is 17.3 Å². The fraction of sp³-hybridized carbons (Fsp3) is 0.500. The molecule has 0 aliphatic heterocycles. The molecule has 0 spiro atoms. The normalized spacial score (nSPS) is 14.4. The monoisotopic (exact) mass is 247 g/mol. The Morgan fingerprint density at radius 2 is 2.22 bits per heavy atom. The molecule has 4 heteroatoms. The van der Waals surface area contributed by atoms with Crippen LogP contribution < -0.4 is 11.3 Å². The molecule has 2 rings (SSSR count). The SMILES string of the molecule is CCCN(C(=O)c1cc(C)ccc1NN)C1CC1. The lowest BCUT2D eigenvalue weighted by Gasteiger charge is -2.23. The van der Waals surface area contributed by atoms with Gasteiger partial charge in [0, 0.05) is 12.6 Å². The number of nitrogens with zero attached hydrogens (tertiary/aromatic N) is 1.